The number of ether oxygens (including phenoxy) is 1. The molecule has 0 aliphatic rings. The minimum Gasteiger partial charge on any atom is -0.493 e. The van der Waals surface area contributed by atoms with Gasteiger partial charge in [-0.05, 0) is 44.9 Å². The Morgan fingerprint density at radius 3 is 2.80 bits per heavy atom. The molecule has 0 fully saturated rings. The molecule has 0 saturated heterocycles. The van der Waals surface area contributed by atoms with Gasteiger partial charge in [-0.25, -0.2) is 4.39 Å². The van der Waals surface area contributed by atoms with Crippen molar-refractivity contribution in [1.82, 2.24) is 5.32 Å². The molecule has 4 nitrogen and oxygen atoms in total. The first-order chi connectivity index (χ1) is 9.48. The van der Waals surface area contributed by atoms with Gasteiger partial charge in [-0.15, -0.1) is 0 Å². The third kappa shape index (κ3) is 5.17. The zero-order valence-electron chi connectivity index (χ0n) is 12.1. The number of primary amides is 1. The van der Waals surface area contributed by atoms with Gasteiger partial charge in [-0.2, -0.15) is 0 Å². The topological polar surface area (TPSA) is 64.3 Å². The van der Waals surface area contributed by atoms with E-state index in [9.17, 15) is 9.18 Å². The molecule has 0 saturated carbocycles. The SMILES string of the molecule is CCNC(C)(CCCCOc1cccc(F)c1)C(N)=O. The van der Waals surface area contributed by atoms with Crippen LogP contribution in [0.25, 0.3) is 0 Å². The summed E-state index contributed by atoms with van der Waals surface area (Å²) in [6.07, 6.45) is 2.25. The lowest BCUT2D eigenvalue weighted by atomic mass is 9.94. The first kappa shape index (κ1) is 16.4. The van der Waals surface area contributed by atoms with Crippen molar-refractivity contribution < 1.29 is 13.9 Å². The van der Waals surface area contributed by atoms with E-state index < -0.39 is 5.54 Å². The average Bonchev–Trinajstić information content (AvgIpc) is 2.38. The van der Waals surface area contributed by atoms with E-state index in [0.29, 0.717) is 25.3 Å². The number of carbonyl (C=O) groups is 1. The summed E-state index contributed by atoms with van der Waals surface area (Å²) in [6, 6.07) is 6.06. The summed E-state index contributed by atoms with van der Waals surface area (Å²) in [5.41, 5.74) is 4.73. The molecule has 0 aromatic heterocycles. The molecular formula is C15H23FN2O2. The van der Waals surface area contributed by atoms with Crippen LogP contribution in [-0.2, 0) is 4.79 Å². The smallest absolute Gasteiger partial charge is 0.237 e. The van der Waals surface area contributed by atoms with Gasteiger partial charge in [0.2, 0.25) is 5.91 Å². The Hall–Kier alpha value is -1.62. The predicted molar refractivity (Wildman–Crippen MR) is 77.0 cm³/mol. The summed E-state index contributed by atoms with van der Waals surface area (Å²) in [4.78, 5) is 11.4. The van der Waals surface area contributed by atoms with Crippen molar-refractivity contribution in [3.05, 3.63) is 30.1 Å². The van der Waals surface area contributed by atoms with Gasteiger partial charge in [0.15, 0.2) is 0 Å². The quantitative estimate of drug-likeness (QED) is 0.683. The first-order valence-electron chi connectivity index (χ1n) is 6.91. The van der Waals surface area contributed by atoms with E-state index in [1.807, 2.05) is 13.8 Å². The number of benzene rings is 1. The average molecular weight is 282 g/mol. The number of hydrogen-bond donors (Lipinski definition) is 2. The summed E-state index contributed by atoms with van der Waals surface area (Å²) in [5, 5.41) is 3.11. The molecule has 0 aliphatic carbocycles. The zero-order valence-corrected chi connectivity index (χ0v) is 12.1. The van der Waals surface area contributed by atoms with E-state index in [-0.39, 0.29) is 11.7 Å². The fraction of sp³-hybridized carbons (Fsp3) is 0.533. The van der Waals surface area contributed by atoms with Crippen molar-refractivity contribution in [3.63, 3.8) is 0 Å². The molecule has 1 rings (SSSR count). The number of unbranched alkanes of at least 4 members (excludes halogenated alkanes) is 1. The van der Waals surface area contributed by atoms with E-state index in [0.717, 1.165) is 12.8 Å². The molecule has 3 N–H and O–H groups in total. The predicted octanol–water partition coefficient (Wildman–Crippen LogP) is 2.23. The molecule has 0 spiro atoms. The van der Waals surface area contributed by atoms with Gasteiger partial charge in [-0.1, -0.05) is 13.0 Å². The Kier molecular flexibility index (Phi) is 6.45. The van der Waals surface area contributed by atoms with Gasteiger partial charge < -0.3 is 15.8 Å². The van der Waals surface area contributed by atoms with Gasteiger partial charge in [0, 0.05) is 6.07 Å². The molecule has 1 unspecified atom stereocenters. The first-order valence-corrected chi connectivity index (χ1v) is 6.91. The number of carbonyl (C=O) groups excluding carboxylic acids is 1. The highest BCUT2D eigenvalue weighted by Crippen LogP contribution is 2.15. The van der Waals surface area contributed by atoms with E-state index in [1.54, 1.807) is 12.1 Å². The molecule has 20 heavy (non-hydrogen) atoms. The number of rotatable bonds is 9. The third-order valence-electron chi connectivity index (χ3n) is 3.25. The van der Waals surface area contributed by atoms with Crippen LogP contribution in [0.15, 0.2) is 24.3 Å². The van der Waals surface area contributed by atoms with Crippen molar-refractivity contribution in [2.45, 2.75) is 38.6 Å². The lowest BCUT2D eigenvalue weighted by Crippen LogP contribution is -2.53. The maximum absolute atomic E-state index is 12.9. The number of likely N-dealkylation sites (N-methyl/N-ethyl adjacent to an activating group) is 1. The normalized spacial score (nSPS) is 13.8. The Labute approximate surface area is 119 Å². The van der Waals surface area contributed by atoms with Gasteiger partial charge >= 0.3 is 0 Å². The maximum atomic E-state index is 12.9. The molecule has 0 radical (unpaired) electrons. The minimum atomic E-state index is -0.673. The summed E-state index contributed by atoms with van der Waals surface area (Å²) in [6.45, 7) is 4.93. The van der Waals surface area contributed by atoms with Crippen LogP contribution in [0.3, 0.4) is 0 Å². The van der Waals surface area contributed by atoms with E-state index >= 15 is 0 Å². The molecule has 112 valence electrons. The fourth-order valence-corrected chi connectivity index (χ4v) is 2.02. The van der Waals surface area contributed by atoms with Gasteiger partial charge in [0.1, 0.15) is 11.6 Å². The van der Waals surface area contributed by atoms with Crippen molar-refractivity contribution in [2.24, 2.45) is 5.73 Å². The molecule has 1 aromatic carbocycles. The van der Waals surface area contributed by atoms with Gasteiger partial charge in [-0.3, -0.25) is 4.79 Å². The molecule has 5 heteroatoms. The van der Waals surface area contributed by atoms with Crippen LogP contribution in [0.1, 0.15) is 33.1 Å². The highest BCUT2D eigenvalue weighted by molar-refractivity contribution is 5.84. The zero-order chi connectivity index (χ0) is 15.0. The van der Waals surface area contributed by atoms with Crippen LogP contribution < -0.4 is 15.8 Å². The highest BCUT2D eigenvalue weighted by Gasteiger charge is 2.28. The lowest BCUT2D eigenvalue weighted by molar-refractivity contribution is -0.124. The summed E-state index contributed by atoms with van der Waals surface area (Å²) in [7, 11) is 0. The third-order valence-corrected chi connectivity index (χ3v) is 3.25. The van der Waals surface area contributed by atoms with Crippen LogP contribution in [0.4, 0.5) is 4.39 Å². The molecule has 1 atom stereocenters. The Morgan fingerprint density at radius 2 is 2.20 bits per heavy atom. The van der Waals surface area contributed by atoms with E-state index in [1.165, 1.54) is 12.1 Å². The second kappa shape index (κ2) is 7.85. The molecule has 1 amide bonds. The van der Waals surface area contributed by atoms with Crippen LogP contribution in [0.2, 0.25) is 0 Å². The molecule has 0 bridgehead atoms. The number of nitrogens with one attached hydrogen (secondary N) is 1. The van der Waals surface area contributed by atoms with Crippen LogP contribution in [0.5, 0.6) is 5.75 Å². The van der Waals surface area contributed by atoms with E-state index in [4.69, 9.17) is 10.5 Å². The second-order valence-corrected chi connectivity index (χ2v) is 4.99. The van der Waals surface area contributed by atoms with Crippen molar-refractivity contribution in [3.8, 4) is 5.75 Å². The van der Waals surface area contributed by atoms with Crippen molar-refractivity contribution >= 4 is 5.91 Å². The number of amides is 1. The molecular weight excluding hydrogens is 259 g/mol. The van der Waals surface area contributed by atoms with Crippen molar-refractivity contribution in [2.75, 3.05) is 13.2 Å². The maximum Gasteiger partial charge on any atom is 0.237 e. The monoisotopic (exact) mass is 282 g/mol. The Morgan fingerprint density at radius 1 is 1.45 bits per heavy atom. The number of nitrogens with two attached hydrogens (primary N) is 1. The molecule has 0 heterocycles. The lowest BCUT2D eigenvalue weighted by Gasteiger charge is -2.26. The van der Waals surface area contributed by atoms with Gasteiger partial charge in [0.05, 0.1) is 12.1 Å². The fourth-order valence-electron chi connectivity index (χ4n) is 2.02. The van der Waals surface area contributed by atoms with Crippen LogP contribution in [-0.4, -0.2) is 24.6 Å². The summed E-state index contributed by atoms with van der Waals surface area (Å²) >= 11 is 0. The Bertz CT molecular complexity index is 440. The largest absolute Gasteiger partial charge is 0.493 e. The Balaban J connectivity index is 2.29. The molecule has 1 aromatic rings. The highest BCUT2D eigenvalue weighted by atomic mass is 19.1. The van der Waals surface area contributed by atoms with Gasteiger partial charge in [0.25, 0.3) is 0 Å². The molecule has 0 aliphatic heterocycles. The minimum absolute atomic E-state index is 0.309. The summed E-state index contributed by atoms with van der Waals surface area (Å²) in [5.74, 6) is -0.129. The van der Waals surface area contributed by atoms with Crippen molar-refractivity contribution in [1.29, 1.82) is 0 Å². The standard InChI is InChI=1S/C15H23FN2O2/c1-3-18-15(2,14(17)19)9-4-5-10-20-13-8-6-7-12(16)11-13/h6-8,11,18H,3-5,9-10H2,1-2H3,(H2,17,19). The number of halogens is 1. The van der Waals surface area contributed by atoms with Crippen LogP contribution in [0, 0.1) is 5.82 Å². The second-order valence-electron chi connectivity index (χ2n) is 4.99. The van der Waals surface area contributed by atoms with E-state index in [2.05, 4.69) is 5.32 Å². The number of hydrogen-bond acceptors (Lipinski definition) is 3. The summed E-state index contributed by atoms with van der Waals surface area (Å²) < 4.78 is 18.4. The van der Waals surface area contributed by atoms with Crippen LogP contribution >= 0.6 is 0 Å².